The van der Waals surface area contributed by atoms with Crippen LogP contribution in [-0.2, 0) is 19.7 Å². The molecule has 1 aromatic carbocycles. The number of para-hydroxylation sites is 1. The Kier molecular flexibility index (Phi) is 5.35. The normalized spacial score (nSPS) is 18.0. The van der Waals surface area contributed by atoms with Crippen LogP contribution in [0.5, 0.6) is 5.75 Å². The Morgan fingerprint density at radius 3 is 2.82 bits per heavy atom. The van der Waals surface area contributed by atoms with E-state index in [1.807, 2.05) is 30.5 Å². The maximum Gasteiger partial charge on any atom is 0.341 e. The van der Waals surface area contributed by atoms with E-state index in [9.17, 15) is 9.59 Å². The molecule has 0 fully saturated rings. The molecule has 5 nitrogen and oxygen atoms in total. The molecular weight excluding hydrogens is 322 g/mol. The molecule has 0 saturated heterocycles. The highest BCUT2D eigenvalue weighted by Crippen LogP contribution is 2.20. The van der Waals surface area contributed by atoms with Gasteiger partial charge in [0, 0.05) is 5.56 Å². The summed E-state index contributed by atoms with van der Waals surface area (Å²) in [7, 11) is -0.506. The number of benzene rings is 1. The molecule has 0 unspecified atom stereocenters. The second-order valence-corrected chi connectivity index (χ2v) is 6.78. The summed E-state index contributed by atoms with van der Waals surface area (Å²) in [5.41, 5.74) is 1.68. The van der Waals surface area contributed by atoms with Crippen molar-refractivity contribution in [2.45, 2.75) is 6.92 Å². The fraction of sp³-hybridized carbons (Fsp3) is 0.133. The van der Waals surface area contributed by atoms with Gasteiger partial charge in [-0.1, -0.05) is 42.1 Å². The number of aliphatic carboxylic acids is 1. The van der Waals surface area contributed by atoms with Crippen molar-refractivity contribution in [3.05, 3.63) is 35.4 Å². The molecule has 2 rings (SSSR count). The van der Waals surface area contributed by atoms with Crippen LogP contribution >= 0.6 is 12.2 Å². The summed E-state index contributed by atoms with van der Waals surface area (Å²) in [6.45, 7) is 1.49. The first-order valence-electron chi connectivity index (χ1n) is 6.34. The summed E-state index contributed by atoms with van der Waals surface area (Å²) in [5.74, 6) is -0.713. The molecule has 0 bridgehead atoms. The summed E-state index contributed by atoms with van der Waals surface area (Å²) < 4.78 is 5.76. The molecule has 1 aliphatic heterocycles. The number of amides is 1. The van der Waals surface area contributed by atoms with Crippen molar-refractivity contribution < 1.29 is 19.4 Å². The molecule has 1 aromatic rings. The van der Waals surface area contributed by atoms with Gasteiger partial charge >= 0.3 is 5.97 Å². The van der Waals surface area contributed by atoms with Crippen LogP contribution in [0.25, 0.3) is 6.08 Å². The number of allylic oxidation sites excluding steroid dienone is 1. The van der Waals surface area contributed by atoms with E-state index in [0.29, 0.717) is 10.1 Å². The number of hydrogen-bond donors (Lipinski definition) is 2. The number of nitrogens with one attached hydrogen (secondary N) is 1. The molecule has 22 heavy (non-hydrogen) atoms. The van der Waals surface area contributed by atoms with Gasteiger partial charge in [-0.25, -0.2) is 4.79 Å². The third kappa shape index (κ3) is 4.44. The van der Waals surface area contributed by atoms with Crippen LogP contribution in [0.15, 0.2) is 29.8 Å². The molecule has 116 valence electrons. The number of carbonyl (C=O) groups excluding carboxylic acids is 1. The van der Waals surface area contributed by atoms with Crippen LogP contribution in [0.4, 0.5) is 0 Å². The Labute approximate surface area is 135 Å². The van der Waals surface area contributed by atoms with E-state index in [-0.39, 0.29) is 5.91 Å². The number of carbonyl (C=O) groups is 2. The predicted octanol–water partition coefficient (Wildman–Crippen LogP) is 1.19. The van der Waals surface area contributed by atoms with Crippen molar-refractivity contribution in [2.75, 3.05) is 6.61 Å². The first-order valence-corrected chi connectivity index (χ1v) is 8.10. The van der Waals surface area contributed by atoms with Crippen molar-refractivity contribution >= 4 is 55.3 Å². The van der Waals surface area contributed by atoms with Crippen LogP contribution in [0.3, 0.4) is 0 Å². The van der Waals surface area contributed by atoms with E-state index < -0.39 is 22.6 Å². The van der Waals surface area contributed by atoms with E-state index in [0.717, 1.165) is 11.1 Å². The number of rotatable bonds is 5. The zero-order chi connectivity index (χ0) is 16.1. The highest BCUT2D eigenvalue weighted by atomic mass is 32.2. The summed E-state index contributed by atoms with van der Waals surface area (Å²) in [5, 5.41) is 14.7. The second-order valence-electron chi connectivity index (χ2n) is 4.49. The standard InChI is InChI=1S/C15H14NO4S2/c1-10(8-22-9-13(17)16-15(22)21)6-11-4-2-3-5-12(11)20-7-14(18)19/h2-6,8-9H,7H2,1H3,(H,18,19)(H,16,17,21)/q-1. The number of carboxylic acids is 1. The van der Waals surface area contributed by atoms with Crippen LogP contribution in [0.2, 0.25) is 0 Å². The first kappa shape index (κ1) is 16.3. The molecular formula is C15H14NO4S2-. The maximum atomic E-state index is 11.2. The number of ether oxygens (including phenoxy) is 1. The van der Waals surface area contributed by atoms with Gasteiger partial charge in [0.1, 0.15) is 5.75 Å². The molecule has 0 spiro atoms. The third-order valence-electron chi connectivity index (χ3n) is 2.64. The zero-order valence-electron chi connectivity index (χ0n) is 11.7. The third-order valence-corrected chi connectivity index (χ3v) is 4.94. The SMILES string of the molecule is CC(=Cc1ccccc1OCC(=O)O)C=[S-]1=CC(=O)NC1=S. The molecule has 0 atom stereocenters. The summed E-state index contributed by atoms with van der Waals surface area (Å²) >= 11 is 5.10. The van der Waals surface area contributed by atoms with Crippen molar-refractivity contribution in [1.29, 1.82) is 0 Å². The van der Waals surface area contributed by atoms with E-state index in [4.69, 9.17) is 22.1 Å². The number of hydrogen-bond acceptors (Lipinski definition) is 5. The average Bonchev–Trinajstić information content (AvgIpc) is 2.75. The van der Waals surface area contributed by atoms with Crippen molar-refractivity contribution in [3.8, 4) is 5.75 Å². The molecule has 1 heterocycles. The van der Waals surface area contributed by atoms with E-state index in [1.165, 1.54) is 0 Å². The Hall–Kier alpha value is -2.12. The lowest BCUT2D eigenvalue weighted by Crippen LogP contribution is -2.21. The Bertz CT molecular complexity index is 759. The monoisotopic (exact) mass is 336 g/mol. The first-order chi connectivity index (χ1) is 10.5. The van der Waals surface area contributed by atoms with Crippen molar-refractivity contribution in [1.82, 2.24) is 5.32 Å². The van der Waals surface area contributed by atoms with Gasteiger partial charge in [0.2, 0.25) is 5.91 Å². The predicted molar refractivity (Wildman–Crippen MR) is 93.5 cm³/mol. The zero-order valence-corrected chi connectivity index (χ0v) is 13.4. The fourth-order valence-corrected chi connectivity index (χ4v) is 3.44. The summed E-state index contributed by atoms with van der Waals surface area (Å²) in [6, 6.07) is 7.16. The molecule has 0 aliphatic carbocycles. The number of thiocarbonyl (C=S) groups is 1. The van der Waals surface area contributed by atoms with E-state index in [1.54, 1.807) is 17.5 Å². The van der Waals surface area contributed by atoms with Gasteiger partial charge in [0.05, 0.1) is 0 Å². The summed E-state index contributed by atoms with van der Waals surface area (Å²) in [4.78, 5) is 21.8. The lowest BCUT2D eigenvalue weighted by molar-refractivity contribution is -0.139. The molecule has 2 N–H and O–H groups in total. The quantitative estimate of drug-likeness (QED) is 0.480. The van der Waals surface area contributed by atoms with E-state index in [2.05, 4.69) is 5.32 Å². The summed E-state index contributed by atoms with van der Waals surface area (Å²) in [6.07, 6.45) is 1.86. The minimum atomic E-state index is -1.03. The Morgan fingerprint density at radius 2 is 2.18 bits per heavy atom. The molecule has 1 aliphatic rings. The average molecular weight is 336 g/mol. The van der Waals surface area contributed by atoms with Crippen molar-refractivity contribution in [3.63, 3.8) is 0 Å². The van der Waals surface area contributed by atoms with E-state index >= 15 is 0 Å². The molecule has 0 saturated carbocycles. The molecule has 0 radical (unpaired) electrons. The highest BCUT2D eigenvalue weighted by Gasteiger charge is 2.03. The van der Waals surface area contributed by atoms with Crippen molar-refractivity contribution in [2.24, 2.45) is 0 Å². The molecule has 7 heteroatoms. The smallest absolute Gasteiger partial charge is 0.341 e. The second kappa shape index (κ2) is 7.24. The number of carboxylic acid groups (broad SMARTS) is 1. The Balaban J connectivity index is 2.27. The van der Waals surface area contributed by atoms with Crippen LogP contribution in [0.1, 0.15) is 12.5 Å². The van der Waals surface area contributed by atoms with Crippen LogP contribution < -0.4 is 10.1 Å². The van der Waals surface area contributed by atoms with Crippen LogP contribution in [0, 0.1) is 0 Å². The minimum Gasteiger partial charge on any atom is -0.481 e. The largest absolute Gasteiger partial charge is 0.481 e. The maximum absolute atomic E-state index is 11.2. The lowest BCUT2D eigenvalue weighted by atomic mass is 10.1. The van der Waals surface area contributed by atoms with Gasteiger partial charge in [-0.15, -0.1) is 5.37 Å². The molecule has 1 amide bonds. The minimum absolute atomic E-state index is 0.178. The van der Waals surface area contributed by atoms with Gasteiger partial charge in [-0.2, -0.15) is 5.37 Å². The van der Waals surface area contributed by atoms with Crippen LogP contribution in [-0.4, -0.2) is 38.6 Å². The topological polar surface area (TPSA) is 75.6 Å². The van der Waals surface area contributed by atoms with Gasteiger partial charge < -0.3 is 25.2 Å². The highest BCUT2D eigenvalue weighted by molar-refractivity contribution is 8.19. The van der Waals surface area contributed by atoms with Gasteiger partial charge in [0.15, 0.2) is 6.61 Å². The fourth-order valence-electron chi connectivity index (χ4n) is 1.80. The molecule has 0 aromatic heterocycles. The van der Waals surface area contributed by atoms with Gasteiger partial charge in [0.25, 0.3) is 0 Å². The van der Waals surface area contributed by atoms with Gasteiger partial charge in [-0.3, -0.25) is 4.79 Å². The van der Waals surface area contributed by atoms with Gasteiger partial charge in [-0.05, 0) is 17.3 Å². The lowest BCUT2D eigenvalue weighted by Gasteiger charge is -2.09. The Morgan fingerprint density at radius 1 is 1.45 bits per heavy atom.